The minimum absolute atomic E-state index is 0.0660. The molecule has 206 valence electrons. The van der Waals surface area contributed by atoms with Crippen molar-refractivity contribution in [2.24, 2.45) is 16.3 Å². The van der Waals surface area contributed by atoms with Gasteiger partial charge in [-0.3, -0.25) is 14.6 Å². The van der Waals surface area contributed by atoms with Crippen LogP contribution in [0.5, 0.6) is 5.75 Å². The number of sulfonamides is 1. The third kappa shape index (κ3) is 9.94. The second kappa shape index (κ2) is 13.8. The van der Waals surface area contributed by atoms with Crippen molar-refractivity contribution in [2.45, 2.75) is 52.7 Å². The monoisotopic (exact) mass is 528 g/mol. The van der Waals surface area contributed by atoms with Gasteiger partial charge >= 0.3 is 5.97 Å². The van der Waals surface area contributed by atoms with Crippen LogP contribution in [0.1, 0.15) is 39.7 Å². The van der Waals surface area contributed by atoms with Crippen LogP contribution < -0.4 is 10.2 Å². The number of hydrogen-bond acceptors (Lipinski definition) is 7. The Hall–Kier alpha value is -2.37. The highest BCUT2D eigenvalue weighted by Crippen LogP contribution is 2.31. The quantitative estimate of drug-likeness (QED) is 0.180. The van der Waals surface area contributed by atoms with Gasteiger partial charge in [-0.25, -0.2) is 13.9 Å². The molecule has 0 spiro atoms. The molecule has 0 fully saturated rings. The zero-order valence-corrected chi connectivity index (χ0v) is 24.2. The van der Waals surface area contributed by atoms with Crippen LogP contribution in [0.15, 0.2) is 29.3 Å². The Morgan fingerprint density at radius 3 is 2.19 bits per heavy atom. The van der Waals surface area contributed by atoms with Crippen molar-refractivity contribution in [3.05, 3.63) is 29.8 Å². The summed E-state index contributed by atoms with van der Waals surface area (Å²) in [5.74, 6) is 1.02. The van der Waals surface area contributed by atoms with Gasteiger partial charge in [-0.05, 0) is 48.8 Å². The van der Waals surface area contributed by atoms with Crippen molar-refractivity contribution < 1.29 is 27.5 Å². The summed E-state index contributed by atoms with van der Waals surface area (Å²) < 4.78 is 35.6. The Kier molecular flexibility index (Phi) is 12.1. The molecule has 0 aromatic heterocycles. The van der Waals surface area contributed by atoms with Gasteiger partial charge in [0.15, 0.2) is 0 Å². The second-order valence-corrected chi connectivity index (χ2v) is 12.1. The summed E-state index contributed by atoms with van der Waals surface area (Å²) in [5.41, 5.74) is 3.62. The standard InChI is InChI=1S/C25H44N4O6S/c1-18(16-25(3,4)19(2)35-27-24(26-5)28(6)7)17-34-21-13-11-20(12-14-21)15-22(23(30)33-9)29(8)36(10,31)32/h11-14,18-19,22H,15-17H2,1-10H3,(H,26,27). The van der Waals surface area contributed by atoms with Crippen molar-refractivity contribution >= 4 is 22.0 Å². The van der Waals surface area contributed by atoms with Crippen LogP contribution in [-0.2, 0) is 30.8 Å². The van der Waals surface area contributed by atoms with Crippen molar-refractivity contribution in [3.63, 3.8) is 0 Å². The molecule has 0 amide bonds. The predicted octanol–water partition coefficient (Wildman–Crippen LogP) is 2.55. The molecule has 1 N–H and O–H groups in total. The first-order valence-electron chi connectivity index (χ1n) is 11.9. The zero-order valence-electron chi connectivity index (χ0n) is 23.4. The minimum Gasteiger partial charge on any atom is -0.493 e. The number of hydroxylamine groups is 1. The van der Waals surface area contributed by atoms with Crippen LogP contribution in [0.3, 0.4) is 0 Å². The number of aliphatic imine (C=N–C) groups is 1. The number of esters is 1. The van der Waals surface area contributed by atoms with Gasteiger partial charge in [0.25, 0.3) is 0 Å². The molecule has 0 aliphatic carbocycles. The molecule has 3 unspecified atom stereocenters. The zero-order chi connectivity index (χ0) is 27.7. The van der Waals surface area contributed by atoms with Gasteiger partial charge in [0.2, 0.25) is 16.0 Å². The average Bonchev–Trinajstić information content (AvgIpc) is 2.80. The Bertz CT molecular complexity index is 963. The van der Waals surface area contributed by atoms with E-state index in [1.807, 2.05) is 50.2 Å². The highest BCUT2D eigenvalue weighted by Gasteiger charge is 2.31. The summed E-state index contributed by atoms with van der Waals surface area (Å²) in [6, 6.07) is 6.37. The van der Waals surface area contributed by atoms with E-state index in [1.165, 1.54) is 14.2 Å². The van der Waals surface area contributed by atoms with Crippen LogP contribution in [0, 0.1) is 11.3 Å². The maximum Gasteiger partial charge on any atom is 0.324 e. The number of nitrogens with zero attached hydrogens (tertiary/aromatic N) is 3. The van der Waals surface area contributed by atoms with Gasteiger partial charge in [-0.15, -0.1) is 0 Å². The van der Waals surface area contributed by atoms with E-state index in [9.17, 15) is 13.2 Å². The summed E-state index contributed by atoms with van der Waals surface area (Å²) in [6.07, 6.45) is 2.08. The van der Waals surface area contributed by atoms with Crippen LogP contribution in [0.25, 0.3) is 0 Å². The predicted molar refractivity (Wildman–Crippen MR) is 142 cm³/mol. The third-order valence-electron chi connectivity index (χ3n) is 6.26. The highest BCUT2D eigenvalue weighted by atomic mass is 32.2. The molecule has 1 aromatic rings. The van der Waals surface area contributed by atoms with Gasteiger partial charge in [0, 0.05) is 28.2 Å². The SMILES string of the molecule is CN=C(NOC(C)C(C)(C)CC(C)COc1ccc(CC(C(=O)OC)N(C)S(C)(=O)=O)cc1)N(C)C. The lowest BCUT2D eigenvalue weighted by atomic mass is 9.79. The highest BCUT2D eigenvalue weighted by molar-refractivity contribution is 7.88. The minimum atomic E-state index is -3.55. The van der Waals surface area contributed by atoms with Crippen LogP contribution in [0.2, 0.25) is 0 Å². The van der Waals surface area contributed by atoms with Crippen LogP contribution in [-0.4, -0.2) is 89.9 Å². The molecule has 1 rings (SSSR count). The molecule has 10 nitrogen and oxygen atoms in total. The molecule has 0 saturated carbocycles. The maximum absolute atomic E-state index is 12.2. The summed E-state index contributed by atoms with van der Waals surface area (Å²) in [6.45, 7) is 9.02. The van der Waals surface area contributed by atoms with Crippen LogP contribution >= 0.6 is 0 Å². The summed E-state index contributed by atoms with van der Waals surface area (Å²) >= 11 is 0. The lowest BCUT2D eigenvalue weighted by Crippen LogP contribution is -2.43. The topological polar surface area (TPSA) is 110 Å². The summed E-state index contributed by atoms with van der Waals surface area (Å²) in [7, 11) is 4.56. The van der Waals surface area contributed by atoms with E-state index < -0.39 is 22.0 Å². The molecule has 0 heterocycles. The second-order valence-electron chi connectivity index (χ2n) is 10.1. The number of likely N-dealkylation sites (N-methyl/N-ethyl adjacent to an activating group) is 1. The van der Waals surface area contributed by atoms with Gasteiger partial charge < -0.3 is 14.4 Å². The lowest BCUT2D eigenvalue weighted by molar-refractivity contribution is -0.144. The number of carbonyl (C=O) groups excluding carboxylic acids is 1. The van der Waals surface area contributed by atoms with E-state index in [1.54, 1.807) is 7.05 Å². The van der Waals surface area contributed by atoms with Crippen molar-refractivity contribution in [3.8, 4) is 5.75 Å². The van der Waals surface area contributed by atoms with Crippen LogP contribution in [0.4, 0.5) is 0 Å². The molecule has 1 aromatic carbocycles. The van der Waals surface area contributed by atoms with E-state index in [0.717, 1.165) is 22.5 Å². The number of carbonyl (C=O) groups is 1. The third-order valence-corrected chi connectivity index (χ3v) is 7.56. The van der Waals surface area contributed by atoms with Gasteiger partial charge in [-0.2, -0.15) is 4.31 Å². The number of guanidine groups is 1. The van der Waals surface area contributed by atoms with Gasteiger partial charge in [-0.1, -0.05) is 32.9 Å². The fraction of sp³-hybridized carbons (Fsp3) is 0.680. The number of benzene rings is 1. The molecule has 0 radical (unpaired) electrons. The van der Waals surface area contributed by atoms with Gasteiger partial charge in [0.05, 0.1) is 26.1 Å². The lowest BCUT2D eigenvalue weighted by Gasteiger charge is -2.34. The number of nitrogens with one attached hydrogen (secondary N) is 1. The number of methoxy groups -OCH3 is 1. The number of hydrogen-bond donors (Lipinski definition) is 1. The Balaban J connectivity index is 2.68. The van der Waals surface area contributed by atoms with Gasteiger partial charge in [0.1, 0.15) is 11.8 Å². The first-order chi connectivity index (χ1) is 16.6. The normalized spacial score (nSPS) is 15.2. The number of rotatable bonds is 13. The largest absolute Gasteiger partial charge is 0.493 e. The smallest absolute Gasteiger partial charge is 0.324 e. The Labute approximate surface area is 217 Å². The molecule has 0 aliphatic heterocycles. The molecule has 0 saturated heterocycles. The van der Waals surface area contributed by atoms with E-state index in [4.69, 9.17) is 14.3 Å². The molecule has 0 aliphatic rings. The van der Waals surface area contributed by atoms with Crippen molar-refractivity contribution in [2.75, 3.05) is 48.2 Å². The summed E-state index contributed by atoms with van der Waals surface area (Å²) in [4.78, 5) is 24.0. The van der Waals surface area contributed by atoms with E-state index >= 15 is 0 Å². The average molecular weight is 529 g/mol. The van der Waals surface area contributed by atoms with E-state index in [-0.39, 0.29) is 23.9 Å². The maximum atomic E-state index is 12.2. The fourth-order valence-electron chi connectivity index (χ4n) is 3.67. The van der Waals surface area contributed by atoms with Crippen molar-refractivity contribution in [1.82, 2.24) is 14.7 Å². The molecule has 0 bridgehead atoms. The summed E-state index contributed by atoms with van der Waals surface area (Å²) in [5, 5.41) is 0. The van der Waals surface area contributed by atoms with E-state index in [0.29, 0.717) is 18.3 Å². The molecule has 3 atom stereocenters. The first kappa shape index (κ1) is 31.7. The Morgan fingerprint density at radius 1 is 1.14 bits per heavy atom. The van der Waals surface area contributed by atoms with E-state index in [2.05, 4.69) is 31.2 Å². The fourth-order valence-corrected chi connectivity index (χ4v) is 4.29. The molecular formula is C25H44N4O6S. The molecule has 36 heavy (non-hydrogen) atoms. The molecule has 11 heteroatoms. The van der Waals surface area contributed by atoms with Crippen molar-refractivity contribution in [1.29, 1.82) is 0 Å². The number of ether oxygens (including phenoxy) is 2. The molecular weight excluding hydrogens is 484 g/mol. The first-order valence-corrected chi connectivity index (χ1v) is 13.8. The Morgan fingerprint density at radius 2 is 1.72 bits per heavy atom.